The number of nitrogens with two attached hydrogens (primary N) is 1. The Labute approximate surface area is 113 Å². The Morgan fingerprint density at radius 2 is 2.11 bits per heavy atom. The summed E-state index contributed by atoms with van der Waals surface area (Å²) < 4.78 is 7.63. The van der Waals surface area contributed by atoms with Gasteiger partial charge in [0.1, 0.15) is 11.4 Å². The highest BCUT2D eigenvalue weighted by Gasteiger charge is 2.16. The SMILES string of the molecule is CCc1nn(C)c(Oc2ccc3c(c2)CCC3)c1N. The highest BCUT2D eigenvalue weighted by molar-refractivity contribution is 5.54. The number of rotatable bonds is 3. The van der Waals surface area contributed by atoms with Gasteiger partial charge in [-0.05, 0) is 48.9 Å². The van der Waals surface area contributed by atoms with Crippen LogP contribution in [0.25, 0.3) is 0 Å². The van der Waals surface area contributed by atoms with E-state index in [9.17, 15) is 0 Å². The van der Waals surface area contributed by atoms with Crippen LogP contribution in [0.3, 0.4) is 0 Å². The lowest BCUT2D eigenvalue weighted by molar-refractivity contribution is 0.432. The summed E-state index contributed by atoms with van der Waals surface area (Å²) in [6.07, 6.45) is 4.39. The molecule has 0 saturated heterocycles. The highest BCUT2D eigenvalue weighted by Crippen LogP contribution is 2.32. The topological polar surface area (TPSA) is 53.1 Å². The Kier molecular flexibility index (Phi) is 2.93. The molecule has 3 rings (SSSR count). The average molecular weight is 257 g/mol. The summed E-state index contributed by atoms with van der Waals surface area (Å²) in [6, 6.07) is 6.30. The fourth-order valence-electron chi connectivity index (χ4n) is 2.68. The molecule has 1 aliphatic rings. The van der Waals surface area contributed by atoms with Gasteiger partial charge in [0.2, 0.25) is 5.88 Å². The molecule has 0 saturated carbocycles. The molecule has 4 nitrogen and oxygen atoms in total. The van der Waals surface area contributed by atoms with Gasteiger partial charge in [0.05, 0.1) is 5.69 Å². The number of hydrogen-bond acceptors (Lipinski definition) is 3. The smallest absolute Gasteiger partial charge is 0.241 e. The van der Waals surface area contributed by atoms with Gasteiger partial charge < -0.3 is 10.5 Å². The molecule has 0 radical (unpaired) electrons. The maximum atomic E-state index is 6.07. The zero-order valence-corrected chi connectivity index (χ0v) is 11.4. The van der Waals surface area contributed by atoms with Crippen molar-refractivity contribution in [2.45, 2.75) is 32.6 Å². The van der Waals surface area contributed by atoms with Gasteiger partial charge in [0, 0.05) is 7.05 Å². The van der Waals surface area contributed by atoms with Crippen LogP contribution < -0.4 is 10.5 Å². The third kappa shape index (κ3) is 2.07. The lowest BCUT2D eigenvalue weighted by Gasteiger charge is -2.08. The molecule has 100 valence electrons. The van der Waals surface area contributed by atoms with Gasteiger partial charge in [0.15, 0.2) is 0 Å². The number of anilines is 1. The second-order valence-corrected chi connectivity index (χ2v) is 5.03. The average Bonchev–Trinajstić information content (AvgIpc) is 2.97. The molecule has 0 atom stereocenters. The van der Waals surface area contributed by atoms with Crippen molar-refractivity contribution in [2.24, 2.45) is 7.05 Å². The number of nitrogen functional groups attached to an aromatic ring is 1. The van der Waals surface area contributed by atoms with Crippen molar-refractivity contribution in [3.63, 3.8) is 0 Å². The van der Waals surface area contributed by atoms with E-state index in [4.69, 9.17) is 10.5 Å². The van der Waals surface area contributed by atoms with E-state index >= 15 is 0 Å². The molecule has 1 aromatic heterocycles. The summed E-state index contributed by atoms with van der Waals surface area (Å²) in [4.78, 5) is 0. The summed E-state index contributed by atoms with van der Waals surface area (Å²) in [5.41, 5.74) is 10.4. The van der Waals surface area contributed by atoms with E-state index in [-0.39, 0.29) is 0 Å². The zero-order chi connectivity index (χ0) is 13.4. The van der Waals surface area contributed by atoms with E-state index in [1.807, 2.05) is 20.0 Å². The van der Waals surface area contributed by atoms with Crippen LogP contribution in [0.5, 0.6) is 11.6 Å². The van der Waals surface area contributed by atoms with Gasteiger partial charge in [-0.2, -0.15) is 5.10 Å². The Hall–Kier alpha value is -1.97. The molecular formula is C15H19N3O. The number of fused-ring (bicyclic) bond motifs is 1. The number of ether oxygens (including phenoxy) is 1. The van der Waals surface area contributed by atoms with Gasteiger partial charge in [0.25, 0.3) is 0 Å². The number of aryl methyl sites for hydroxylation is 4. The molecule has 4 heteroatoms. The van der Waals surface area contributed by atoms with Crippen LogP contribution in [-0.4, -0.2) is 9.78 Å². The van der Waals surface area contributed by atoms with Crippen LogP contribution in [0, 0.1) is 0 Å². The Bertz CT molecular complexity index is 616. The fourth-order valence-corrected chi connectivity index (χ4v) is 2.68. The van der Waals surface area contributed by atoms with Crippen LogP contribution >= 0.6 is 0 Å². The first kappa shape index (κ1) is 12.1. The maximum Gasteiger partial charge on any atom is 0.241 e. The molecule has 1 aromatic carbocycles. The zero-order valence-electron chi connectivity index (χ0n) is 11.4. The number of aromatic nitrogens is 2. The van der Waals surface area contributed by atoms with Gasteiger partial charge in [-0.1, -0.05) is 13.0 Å². The molecule has 1 aliphatic carbocycles. The quantitative estimate of drug-likeness (QED) is 0.919. The molecule has 2 N–H and O–H groups in total. The van der Waals surface area contributed by atoms with E-state index in [2.05, 4.69) is 17.2 Å². The van der Waals surface area contributed by atoms with Gasteiger partial charge in [-0.25, -0.2) is 4.68 Å². The summed E-state index contributed by atoms with van der Waals surface area (Å²) >= 11 is 0. The summed E-state index contributed by atoms with van der Waals surface area (Å²) in [6.45, 7) is 2.04. The van der Waals surface area contributed by atoms with Crippen LogP contribution in [0.15, 0.2) is 18.2 Å². The van der Waals surface area contributed by atoms with Gasteiger partial charge >= 0.3 is 0 Å². The minimum atomic E-state index is 0.634. The predicted octanol–water partition coefficient (Wildman–Crippen LogP) is 2.85. The monoisotopic (exact) mass is 257 g/mol. The minimum absolute atomic E-state index is 0.634. The van der Waals surface area contributed by atoms with Crippen molar-refractivity contribution < 1.29 is 4.74 Å². The standard InChI is InChI=1S/C15H19N3O/c1-3-13-14(16)15(18(2)17-13)19-12-8-7-10-5-4-6-11(10)9-12/h7-9H,3-6,16H2,1-2H3. The van der Waals surface area contributed by atoms with Crippen LogP contribution in [-0.2, 0) is 26.3 Å². The second-order valence-electron chi connectivity index (χ2n) is 5.03. The fraction of sp³-hybridized carbons (Fsp3) is 0.400. The van der Waals surface area contributed by atoms with E-state index in [1.54, 1.807) is 4.68 Å². The number of nitrogens with zero attached hydrogens (tertiary/aromatic N) is 2. The Morgan fingerprint density at radius 3 is 2.84 bits per heavy atom. The third-order valence-corrected chi connectivity index (χ3v) is 3.73. The van der Waals surface area contributed by atoms with E-state index < -0.39 is 0 Å². The van der Waals surface area contributed by atoms with E-state index in [1.165, 1.54) is 24.0 Å². The van der Waals surface area contributed by atoms with Crippen molar-refractivity contribution in [3.8, 4) is 11.6 Å². The van der Waals surface area contributed by atoms with Crippen LogP contribution in [0.2, 0.25) is 0 Å². The lowest BCUT2D eigenvalue weighted by Crippen LogP contribution is -1.97. The molecule has 0 aliphatic heterocycles. The third-order valence-electron chi connectivity index (χ3n) is 3.73. The molecule has 0 unspecified atom stereocenters. The Balaban J connectivity index is 1.91. The maximum absolute atomic E-state index is 6.07. The van der Waals surface area contributed by atoms with E-state index in [0.29, 0.717) is 11.6 Å². The van der Waals surface area contributed by atoms with Crippen LogP contribution in [0.1, 0.15) is 30.2 Å². The van der Waals surface area contributed by atoms with Crippen molar-refractivity contribution in [2.75, 3.05) is 5.73 Å². The summed E-state index contributed by atoms with van der Waals surface area (Å²) in [5.74, 6) is 1.48. The molecule has 1 heterocycles. The summed E-state index contributed by atoms with van der Waals surface area (Å²) in [5, 5.41) is 4.36. The molecule has 0 bridgehead atoms. The number of hydrogen-bond donors (Lipinski definition) is 1. The van der Waals surface area contributed by atoms with Crippen molar-refractivity contribution in [1.82, 2.24) is 9.78 Å². The summed E-state index contributed by atoms with van der Waals surface area (Å²) in [7, 11) is 1.86. The normalized spacial score (nSPS) is 13.6. The molecular weight excluding hydrogens is 238 g/mol. The molecule has 0 amide bonds. The molecule has 2 aromatic rings. The molecule has 0 fully saturated rings. The second kappa shape index (κ2) is 4.61. The molecule has 0 spiro atoms. The first-order valence-electron chi connectivity index (χ1n) is 6.80. The van der Waals surface area contributed by atoms with Crippen LogP contribution in [0.4, 0.5) is 5.69 Å². The molecule has 19 heavy (non-hydrogen) atoms. The minimum Gasteiger partial charge on any atom is -0.437 e. The first-order chi connectivity index (χ1) is 9.19. The van der Waals surface area contributed by atoms with Gasteiger partial charge in [-0.15, -0.1) is 0 Å². The first-order valence-corrected chi connectivity index (χ1v) is 6.80. The Morgan fingerprint density at radius 1 is 1.32 bits per heavy atom. The highest BCUT2D eigenvalue weighted by atomic mass is 16.5. The largest absolute Gasteiger partial charge is 0.437 e. The van der Waals surface area contributed by atoms with E-state index in [0.717, 1.165) is 24.3 Å². The van der Waals surface area contributed by atoms with Crippen molar-refractivity contribution >= 4 is 5.69 Å². The number of benzene rings is 1. The van der Waals surface area contributed by atoms with Crippen molar-refractivity contribution in [3.05, 3.63) is 35.0 Å². The lowest BCUT2D eigenvalue weighted by atomic mass is 10.1. The predicted molar refractivity (Wildman–Crippen MR) is 75.5 cm³/mol. The van der Waals surface area contributed by atoms with Gasteiger partial charge in [-0.3, -0.25) is 0 Å². The van der Waals surface area contributed by atoms with Crippen molar-refractivity contribution in [1.29, 1.82) is 0 Å².